The molecule has 0 spiro atoms. The molecular weight excluding hydrogens is 304 g/mol. The van der Waals surface area contributed by atoms with Crippen LogP contribution in [0.1, 0.15) is 59.5 Å². The average Bonchev–Trinajstić information content (AvgIpc) is 2.59. The Morgan fingerprint density at radius 2 is 1.25 bits per heavy atom. The van der Waals surface area contributed by atoms with Crippen LogP contribution >= 0.6 is 0 Å². The van der Waals surface area contributed by atoms with Crippen LogP contribution in [0.15, 0.2) is 24.3 Å². The third kappa shape index (κ3) is 3.14. The molecule has 0 saturated heterocycles. The second kappa shape index (κ2) is 7.95. The van der Waals surface area contributed by atoms with E-state index in [-0.39, 0.29) is 13.2 Å². The minimum absolute atomic E-state index is 0.256. The van der Waals surface area contributed by atoms with Gasteiger partial charge in [0.1, 0.15) is 0 Å². The first kappa shape index (κ1) is 18.0. The zero-order valence-corrected chi connectivity index (χ0v) is 14.8. The molecule has 0 unspecified atom stereocenters. The molecule has 4 heteroatoms. The van der Waals surface area contributed by atoms with E-state index in [0.717, 1.165) is 28.3 Å². The number of hydrogen-bond donors (Lipinski definition) is 0. The molecule has 0 atom stereocenters. The first-order chi connectivity index (χ1) is 11.6. The summed E-state index contributed by atoms with van der Waals surface area (Å²) in [5.74, 6) is -0.938. The summed E-state index contributed by atoms with van der Waals surface area (Å²) in [7, 11) is 0. The van der Waals surface area contributed by atoms with E-state index in [0.29, 0.717) is 17.5 Å². The maximum atomic E-state index is 12.6. The summed E-state index contributed by atoms with van der Waals surface area (Å²) in [5, 5.41) is 1.74. The van der Waals surface area contributed by atoms with Crippen molar-refractivity contribution in [2.24, 2.45) is 0 Å². The predicted molar refractivity (Wildman–Crippen MR) is 94.6 cm³/mol. The van der Waals surface area contributed by atoms with Crippen LogP contribution in [0, 0.1) is 0 Å². The molecule has 0 saturated carbocycles. The van der Waals surface area contributed by atoms with Crippen LogP contribution in [0.2, 0.25) is 0 Å². The van der Waals surface area contributed by atoms with Gasteiger partial charge in [0, 0.05) is 0 Å². The molecule has 0 heterocycles. The van der Waals surface area contributed by atoms with Gasteiger partial charge in [-0.15, -0.1) is 0 Å². The number of esters is 2. The van der Waals surface area contributed by atoms with Crippen molar-refractivity contribution >= 4 is 22.7 Å². The molecule has 0 aliphatic carbocycles. The SMILES string of the molecule is CCOC(=O)c1c(CC)c(CC)c2ccccc2c1C(=O)OCC. The normalized spacial score (nSPS) is 10.7. The molecule has 128 valence electrons. The predicted octanol–water partition coefficient (Wildman–Crippen LogP) is 4.32. The van der Waals surface area contributed by atoms with Gasteiger partial charge in [0.2, 0.25) is 0 Å². The number of aryl methyl sites for hydroxylation is 1. The van der Waals surface area contributed by atoms with Gasteiger partial charge >= 0.3 is 11.9 Å². The van der Waals surface area contributed by atoms with Crippen LogP contribution in [0.4, 0.5) is 0 Å². The molecule has 0 aliphatic heterocycles. The Morgan fingerprint density at radius 3 is 1.75 bits per heavy atom. The van der Waals surface area contributed by atoms with Gasteiger partial charge in [-0.3, -0.25) is 0 Å². The molecule has 0 aromatic heterocycles. The largest absolute Gasteiger partial charge is 0.462 e. The second-order valence-corrected chi connectivity index (χ2v) is 5.40. The highest BCUT2D eigenvalue weighted by atomic mass is 16.5. The minimum atomic E-state index is -0.478. The van der Waals surface area contributed by atoms with Crippen molar-refractivity contribution in [3.63, 3.8) is 0 Å². The lowest BCUT2D eigenvalue weighted by Crippen LogP contribution is -2.18. The van der Waals surface area contributed by atoms with Crippen molar-refractivity contribution in [2.45, 2.75) is 40.5 Å². The molecule has 2 aromatic rings. The summed E-state index contributed by atoms with van der Waals surface area (Å²) < 4.78 is 10.5. The van der Waals surface area contributed by atoms with Crippen LogP contribution < -0.4 is 0 Å². The molecule has 2 rings (SSSR count). The Morgan fingerprint density at radius 1 is 0.750 bits per heavy atom. The van der Waals surface area contributed by atoms with Gasteiger partial charge in [-0.25, -0.2) is 9.59 Å². The topological polar surface area (TPSA) is 52.6 Å². The average molecular weight is 328 g/mol. The molecule has 4 nitrogen and oxygen atoms in total. The van der Waals surface area contributed by atoms with E-state index in [1.165, 1.54) is 0 Å². The van der Waals surface area contributed by atoms with Gasteiger partial charge in [-0.2, -0.15) is 0 Å². The molecule has 0 aliphatic rings. The standard InChI is InChI=1S/C20H24O4/c1-5-13-14(6-2)17(19(21)23-7-3)18(20(22)24-8-4)16-12-10-9-11-15(13)16/h9-12H,5-8H2,1-4H3. The number of fused-ring (bicyclic) bond motifs is 1. The highest BCUT2D eigenvalue weighted by molar-refractivity contribution is 6.14. The van der Waals surface area contributed by atoms with Gasteiger partial charge in [-0.1, -0.05) is 38.1 Å². The molecule has 2 aromatic carbocycles. The van der Waals surface area contributed by atoms with E-state index in [2.05, 4.69) is 6.92 Å². The fraction of sp³-hybridized carbons (Fsp3) is 0.400. The summed E-state index contributed by atoms with van der Waals surface area (Å²) in [6.07, 6.45) is 1.42. The minimum Gasteiger partial charge on any atom is -0.462 e. The first-order valence-electron chi connectivity index (χ1n) is 8.51. The number of carbonyl (C=O) groups excluding carboxylic acids is 2. The van der Waals surface area contributed by atoms with Crippen molar-refractivity contribution in [1.82, 2.24) is 0 Å². The van der Waals surface area contributed by atoms with Crippen molar-refractivity contribution < 1.29 is 19.1 Å². The molecule has 0 fully saturated rings. The Labute approximate surface area is 142 Å². The quantitative estimate of drug-likeness (QED) is 0.741. The van der Waals surface area contributed by atoms with Crippen molar-refractivity contribution in [3.05, 3.63) is 46.5 Å². The number of rotatable bonds is 6. The number of hydrogen-bond acceptors (Lipinski definition) is 4. The molecule has 0 bridgehead atoms. The molecule has 24 heavy (non-hydrogen) atoms. The summed E-state index contributed by atoms with van der Waals surface area (Å²) >= 11 is 0. The Kier molecular flexibility index (Phi) is 5.96. The zero-order valence-electron chi connectivity index (χ0n) is 14.8. The summed E-state index contributed by atoms with van der Waals surface area (Å²) in [5.41, 5.74) is 2.63. The van der Waals surface area contributed by atoms with Crippen molar-refractivity contribution in [1.29, 1.82) is 0 Å². The molecular formula is C20H24O4. The summed E-state index contributed by atoms with van der Waals surface area (Å²) in [6.45, 7) is 8.08. The Balaban J connectivity index is 2.94. The van der Waals surface area contributed by atoms with Crippen LogP contribution in [-0.2, 0) is 22.3 Å². The molecule has 0 amide bonds. The van der Waals surface area contributed by atoms with Crippen molar-refractivity contribution in [3.8, 4) is 0 Å². The summed E-state index contributed by atoms with van der Waals surface area (Å²) in [4.78, 5) is 25.3. The van der Waals surface area contributed by atoms with E-state index in [9.17, 15) is 9.59 Å². The van der Waals surface area contributed by atoms with Crippen molar-refractivity contribution in [2.75, 3.05) is 13.2 Å². The Bertz CT molecular complexity index is 762. The molecule has 0 N–H and O–H groups in total. The van der Waals surface area contributed by atoms with Crippen LogP contribution in [0.5, 0.6) is 0 Å². The van der Waals surface area contributed by atoms with E-state index in [1.54, 1.807) is 13.8 Å². The zero-order chi connectivity index (χ0) is 17.7. The van der Waals surface area contributed by atoms with E-state index >= 15 is 0 Å². The number of ether oxygens (including phenoxy) is 2. The summed E-state index contributed by atoms with van der Waals surface area (Å²) in [6, 6.07) is 7.67. The lowest BCUT2D eigenvalue weighted by Gasteiger charge is -2.19. The maximum Gasteiger partial charge on any atom is 0.339 e. The third-order valence-corrected chi connectivity index (χ3v) is 4.10. The number of benzene rings is 2. The van der Waals surface area contributed by atoms with Crippen LogP contribution in [-0.4, -0.2) is 25.2 Å². The maximum absolute atomic E-state index is 12.6. The monoisotopic (exact) mass is 328 g/mol. The van der Waals surface area contributed by atoms with Gasteiger partial charge in [-0.05, 0) is 48.6 Å². The third-order valence-electron chi connectivity index (χ3n) is 4.10. The van der Waals surface area contributed by atoms with Crippen LogP contribution in [0.3, 0.4) is 0 Å². The van der Waals surface area contributed by atoms with Crippen LogP contribution in [0.25, 0.3) is 10.8 Å². The van der Waals surface area contributed by atoms with Gasteiger partial charge in [0.25, 0.3) is 0 Å². The second-order valence-electron chi connectivity index (χ2n) is 5.40. The first-order valence-corrected chi connectivity index (χ1v) is 8.51. The smallest absolute Gasteiger partial charge is 0.339 e. The van der Waals surface area contributed by atoms with Gasteiger partial charge < -0.3 is 9.47 Å². The lowest BCUT2D eigenvalue weighted by molar-refractivity contribution is 0.0479. The fourth-order valence-corrected chi connectivity index (χ4v) is 3.20. The molecule has 0 radical (unpaired) electrons. The fourth-order valence-electron chi connectivity index (χ4n) is 3.20. The van der Waals surface area contributed by atoms with E-state index in [1.807, 2.05) is 31.2 Å². The van der Waals surface area contributed by atoms with Gasteiger partial charge in [0.05, 0.1) is 24.3 Å². The lowest BCUT2D eigenvalue weighted by atomic mass is 9.86. The highest BCUT2D eigenvalue weighted by Crippen LogP contribution is 2.33. The van der Waals surface area contributed by atoms with Gasteiger partial charge in [0.15, 0.2) is 0 Å². The van der Waals surface area contributed by atoms with E-state index < -0.39 is 11.9 Å². The number of carbonyl (C=O) groups is 2. The Hall–Kier alpha value is -2.36. The van der Waals surface area contributed by atoms with E-state index in [4.69, 9.17) is 9.47 Å². The highest BCUT2D eigenvalue weighted by Gasteiger charge is 2.27.